The molecule has 1 aliphatic heterocycles. The average Bonchev–Trinajstić information content (AvgIpc) is 2.48. The fourth-order valence-corrected chi connectivity index (χ4v) is 3.95. The standard InChI is InChI=1S/C17H25FN2/c18-15-7-3-8-16(13-15)19-10-12-20-11-4-6-14-5-1-2-9-17(14)20/h3,7-8,13-14,17,19H,1-2,4-6,9-12H2. The molecule has 2 nitrogen and oxygen atoms in total. The number of nitrogens with one attached hydrogen (secondary N) is 1. The van der Waals surface area contributed by atoms with Crippen molar-refractivity contribution in [2.75, 3.05) is 25.0 Å². The molecule has 1 saturated carbocycles. The summed E-state index contributed by atoms with van der Waals surface area (Å²) in [4.78, 5) is 2.67. The van der Waals surface area contributed by atoms with Gasteiger partial charge in [-0.25, -0.2) is 4.39 Å². The first-order valence-electron chi connectivity index (χ1n) is 8.06. The van der Waals surface area contributed by atoms with Crippen LogP contribution < -0.4 is 5.32 Å². The lowest BCUT2D eigenvalue weighted by Crippen LogP contribution is -2.48. The summed E-state index contributed by atoms with van der Waals surface area (Å²) in [5, 5.41) is 3.35. The van der Waals surface area contributed by atoms with Crippen LogP contribution in [0.2, 0.25) is 0 Å². The van der Waals surface area contributed by atoms with Crippen molar-refractivity contribution in [1.82, 2.24) is 4.90 Å². The topological polar surface area (TPSA) is 15.3 Å². The van der Waals surface area contributed by atoms with Crippen LogP contribution in [0.3, 0.4) is 0 Å². The third kappa shape index (κ3) is 3.32. The predicted molar refractivity (Wildman–Crippen MR) is 81.4 cm³/mol. The quantitative estimate of drug-likeness (QED) is 0.897. The van der Waals surface area contributed by atoms with E-state index in [2.05, 4.69) is 10.2 Å². The Hall–Kier alpha value is -1.09. The van der Waals surface area contributed by atoms with Gasteiger partial charge < -0.3 is 5.32 Å². The van der Waals surface area contributed by atoms with Crippen LogP contribution in [0.25, 0.3) is 0 Å². The normalized spacial score (nSPS) is 27.1. The molecule has 1 aromatic rings. The highest BCUT2D eigenvalue weighted by Gasteiger charge is 2.32. The molecule has 2 fully saturated rings. The van der Waals surface area contributed by atoms with E-state index >= 15 is 0 Å². The van der Waals surface area contributed by atoms with E-state index in [-0.39, 0.29) is 5.82 Å². The van der Waals surface area contributed by atoms with E-state index in [0.29, 0.717) is 0 Å². The van der Waals surface area contributed by atoms with Crippen molar-refractivity contribution in [1.29, 1.82) is 0 Å². The van der Waals surface area contributed by atoms with E-state index in [0.717, 1.165) is 30.7 Å². The van der Waals surface area contributed by atoms with Crippen molar-refractivity contribution in [3.05, 3.63) is 30.1 Å². The summed E-state index contributed by atoms with van der Waals surface area (Å²) in [5.41, 5.74) is 0.891. The summed E-state index contributed by atoms with van der Waals surface area (Å²) >= 11 is 0. The molecule has 0 radical (unpaired) electrons. The first kappa shape index (κ1) is 13.9. The van der Waals surface area contributed by atoms with Crippen LogP contribution in [0, 0.1) is 11.7 Å². The molecule has 0 aromatic heterocycles. The second kappa shape index (κ2) is 6.57. The average molecular weight is 276 g/mol. The minimum Gasteiger partial charge on any atom is -0.384 e. The van der Waals surface area contributed by atoms with Crippen LogP contribution in [0.1, 0.15) is 38.5 Å². The van der Waals surface area contributed by atoms with E-state index < -0.39 is 0 Å². The largest absolute Gasteiger partial charge is 0.384 e. The highest BCUT2D eigenvalue weighted by atomic mass is 19.1. The third-order valence-corrected chi connectivity index (χ3v) is 4.91. The zero-order chi connectivity index (χ0) is 13.8. The summed E-state index contributed by atoms with van der Waals surface area (Å²) in [6.07, 6.45) is 8.41. The Bertz CT molecular complexity index is 433. The van der Waals surface area contributed by atoms with Gasteiger partial charge in [0.25, 0.3) is 0 Å². The fraction of sp³-hybridized carbons (Fsp3) is 0.647. The van der Waals surface area contributed by atoms with Gasteiger partial charge in [-0.2, -0.15) is 0 Å². The molecule has 2 atom stereocenters. The van der Waals surface area contributed by atoms with Crippen LogP contribution in [0.4, 0.5) is 10.1 Å². The van der Waals surface area contributed by atoms with Gasteiger partial charge in [0, 0.05) is 24.8 Å². The molecule has 1 N–H and O–H groups in total. The minimum atomic E-state index is -0.166. The van der Waals surface area contributed by atoms with Gasteiger partial charge in [0.05, 0.1) is 0 Å². The summed E-state index contributed by atoms with van der Waals surface area (Å²) in [7, 11) is 0. The third-order valence-electron chi connectivity index (χ3n) is 4.91. The van der Waals surface area contributed by atoms with Gasteiger partial charge in [-0.1, -0.05) is 18.9 Å². The Morgan fingerprint density at radius 1 is 1.15 bits per heavy atom. The summed E-state index contributed by atoms with van der Waals surface area (Å²) in [6.45, 7) is 3.23. The van der Waals surface area contributed by atoms with Gasteiger partial charge in [-0.05, 0) is 56.3 Å². The zero-order valence-electron chi connectivity index (χ0n) is 12.2. The van der Waals surface area contributed by atoms with E-state index in [1.165, 1.54) is 51.1 Å². The smallest absolute Gasteiger partial charge is 0.125 e. The first-order valence-corrected chi connectivity index (χ1v) is 8.06. The molecular formula is C17H25FN2. The number of hydrogen-bond donors (Lipinski definition) is 1. The van der Waals surface area contributed by atoms with E-state index in [1.54, 1.807) is 12.1 Å². The number of nitrogens with zero attached hydrogens (tertiary/aromatic N) is 1. The zero-order valence-corrected chi connectivity index (χ0v) is 12.2. The number of anilines is 1. The lowest BCUT2D eigenvalue weighted by atomic mass is 9.78. The Morgan fingerprint density at radius 3 is 2.90 bits per heavy atom. The highest BCUT2D eigenvalue weighted by Crippen LogP contribution is 2.34. The Kier molecular flexibility index (Phi) is 4.56. The van der Waals surface area contributed by atoms with Crippen LogP contribution >= 0.6 is 0 Å². The van der Waals surface area contributed by atoms with E-state index in [9.17, 15) is 4.39 Å². The lowest BCUT2D eigenvalue weighted by Gasteiger charge is -2.44. The van der Waals surface area contributed by atoms with Gasteiger partial charge in [0.1, 0.15) is 5.82 Å². The summed E-state index contributed by atoms with van der Waals surface area (Å²) in [6, 6.07) is 7.56. The Morgan fingerprint density at radius 2 is 2.00 bits per heavy atom. The Labute approximate surface area is 121 Å². The second-order valence-electron chi connectivity index (χ2n) is 6.23. The number of piperidine rings is 1. The molecule has 0 amide bonds. The number of halogens is 1. The molecule has 0 bridgehead atoms. The maximum Gasteiger partial charge on any atom is 0.125 e. The number of benzene rings is 1. The van der Waals surface area contributed by atoms with Crippen molar-refractivity contribution in [3.8, 4) is 0 Å². The summed E-state index contributed by atoms with van der Waals surface area (Å²) < 4.78 is 13.1. The molecule has 20 heavy (non-hydrogen) atoms. The van der Waals surface area contributed by atoms with Gasteiger partial charge in [-0.3, -0.25) is 4.90 Å². The number of likely N-dealkylation sites (tertiary alicyclic amines) is 1. The molecule has 0 spiro atoms. The van der Waals surface area contributed by atoms with Gasteiger partial charge in [0.2, 0.25) is 0 Å². The molecule has 3 heteroatoms. The molecule has 2 aliphatic rings. The van der Waals surface area contributed by atoms with Crippen LogP contribution in [0.5, 0.6) is 0 Å². The van der Waals surface area contributed by atoms with Crippen molar-refractivity contribution >= 4 is 5.69 Å². The van der Waals surface area contributed by atoms with Crippen LogP contribution in [-0.4, -0.2) is 30.6 Å². The van der Waals surface area contributed by atoms with Gasteiger partial charge in [-0.15, -0.1) is 0 Å². The Balaban J connectivity index is 1.50. The van der Waals surface area contributed by atoms with Crippen LogP contribution in [0.15, 0.2) is 24.3 Å². The maximum atomic E-state index is 13.1. The SMILES string of the molecule is Fc1cccc(NCCN2CCCC3CCCCC32)c1. The maximum absolute atomic E-state index is 13.1. The van der Waals surface area contributed by atoms with Crippen molar-refractivity contribution in [2.45, 2.75) is 44.6 Å². The molecule has 110 valence electrons. The predicted octanol–water partition coefficient (Wildman–Crippen LogP) is 3.89. The molecule has 3 rings (SSSR count). The highest BCUT2D eigenvalue weighted by molar-refractivity contribution is 5.42. The number of hydrogen-bond acceptors (Lipinski definition) is 2. The van der Waals surface area contributed by atoms with Crippen molar-refractivity contribution < 1.29 is 4.39 Å². The van der Waals surface area contributed by atoms with Crippen molar-refractivity contribution in [3.63, 3.8) is 0 Å². The van der Waals surface area contributed by atoms with Gasteiger partial charge in [0.15, 0.2) is 0 Å². The number of rotatable bonds is 4. The first-order chi connectivity index (χ1) is 9.83. The van der Waals surface area contributed by atoms with E-state index in [1.807, 2.05) is 6.07 Å². The summed E-state index contributed by atoms with van der Waals surface area (Å²) in [5.74, 6) is 0.770. The molecule has 1 heterocycles. The molecule has 1 saturated heterocycles. The van der Waals surface area contributed by atoms with Gasteiger partial charge >= 0.3 is 0 Å². The minimum absolute atomic E-state index is 0.166. The second-order valence-corrected chi connectivity index (χ2v) is 6.23. The fourth-order valence-electron chi connectivity index (χ4n) is 3.95. The molecule has 1 aromatic carbocycles. The molecular weight excluding hydrogens is 251 g/mol. The van der Waals surface area contributed by atoms with Crippen LogP contribution in [-0.2, 0) is 0 Å². The van der Waals surface area contributed by atoms with E-state index in [4.69, 9.17) is 0 Å². The monoisotopic (exact) mass is 276 g/mol. The number of fused-ring (bicyclic) bond motifs is 1. The lowest BCUT2D eigenvalue weighted by molar-refractivity contribution is 0.0645. The molecule has 1 aliphatic carbocycles. The molecule has 2 unspecified atom stereocenters. The van der Waals surface area contributed by atoms with Crippen molar-refractivity contribution in [2.24, 2.45) is 5.92 Å².